The summed E-state index contributed by atoms with van der Waals surface area (Å²) in [6, 6.07) is 11.8. The predicted octanol–water partition coefficient (Wildman–Crippen LogP) is 2.62. The fourth-order valence-corrected chi connectivity index (χ4v) is 2.87. The first-order valence-corrected chi connectivity index (χ1v) is 8.17. The van der Waals surface area contributed by atoms with Crippen LogP contribution in [0.4, 0.5) is 4.79 Å². The topological polar surface area (TPSA) is 110 Å². The molecule has 0 spiro atoms. The van der Waals surface area contributed by atoms with Crippen molar-refractivity contribution in [1.82, 2.24) is 20.8 Å². The summed E-state index contributed by atoms with van der Waals surface area (Å²) in [5.74, 6) is 0.157. The number of benzene rings is 1. The van der Waals surface area contributed by atoms with Crippen molar-refractivity contribution in [2.75, 3.05) is 7.05 Å². The van der Waals surface area contributed by atoms with E-state index in [-0.39, 0.29) is 11.1 Å². The molecule has 1 aromatic carbocycles. The number of imide groups is 1. The SMILES string of the molecule is CNC(=O)NC(=O)[C@@H](Sc1nnc(-c2ccco2)o1)c1ccccc1. The summed E-state index contributed by atoms with van der Waals surface area (Å²) in [7, 11) is 1.43. The summed E-state index contributed by atoms with van der Waals surface area (Å²) in [6.07, 6.45) is 1.50. The first kappa shape index (κ1) is 16.8. The van der Waals surface area contributed by atoms with Gasteiger partial charge in [0.05, 0.1) is 6.26 Å². The number of nitrogens with one attached hydrogen (secondary N) is 2. The Balaban J connectivity index is 1.82. The molecule has 1 atom stereocenters. The number of rotatable bonds is 5. The minimum atomic E-state index is -0.733. The molecule has 3 rings (SSSR count). The number of urea groups is 1. The van der Waals surface area contributed by atoms with Crippen LogP contribution in [-0.4, -0.2) is 29.2 Å². The molecule has 2 aromatic heterocycles. The van der Waals surface area contributed by atoms with E-state index in [0.29, 0.717) is 11.3 Å². The van der Waals surface area contributed by atoms with Crippen LogP contribution >= 0.6 is 11.8 Å². The van der Waals surface area contributed by atoms with Crippen molar-refractivity contribution >= 4 is 23.7 Å². The second kappa shape index (κ2) is 7.67. The van der Waals surface area contributed by atoms with Gasteiger partial charge in [0.2, 0.25) is 5.91 Å². The third-order valence-electron chi connectivity index (χ3n) is 3.16. The number of hydrogen-bond acceptors (Lipinski definition) is 7. The van der Waals surface area contributed by atoms with Gasteiger partial charge in [-0.1, -0.05) is 30.3 Å². The Morgan fingerprint density at radius 2 is 1.92 bits per heavy atom. The quantitative estimate of drug-likeness (QED) is 0.675. The first-order chi connectivity index (χ1) is 12.2. The maximum absolute atomic E-state index is 12.5. The molecule has 3 aromatic rings. The Bertz CT molecular complexity index is 848. The van der Waals surface area contributed by atoms with Gasteiger partial charge in [0, 0.05) is 7.05 Å². The van der Waals surface area contributed by atoms with Gasteiger partial charge >= 0.3 is 6.03 Å². The molecule has 128 valence electrons. The molecule has 0 saturated carbocycles. The van der Waals surface area contributed by atoms with Crippen LogP contribution in [0.1, 0.15) is 10.8 Å². The number of hydrogen-bond donors (Lipinski definition) is 2. The number of carbonyl (C=O) groups is 2. The standard InChI is InChI=1S/C16H14N4O4S/c1-17-15(22)18-13(21)12(10-6-3-2-4-7-10)25-16-20-19-14(24-16)11-8-5-9-23-11/h2-9,12H,1H3,(H2,17,18,21,22)/t12-/m0/s1. The third-order valence-corrected chi connectivity index (χ3v) is 4.25. The maximum Gasteiger partial charge on any atom is 0.321 e. The molecule has 0 aliphatic carbocycles. The second-order valence-corrected chi connectivity index (χ2v) is 5.88. The van der Waals surface area contributed by atoms with Gasteiger partial charge < -0.3 is 14.2 Å². The average molecular weight is 358 g/mol. The molecular formula is C16H14N4O4S. The molecule has 25 heavy (non-hydrogen) atoms. The summed E-state index contributed by atoms with van der Waals surface area (Å²) >= 11 is 1.05. The van der Waals surface area contributed by atoms with E-state index in [1.807, 2.05) is 6.07 Å². The van der Waals surface area contributed by atoms with Crippen LogP contribution in [0.2, 0.25) is 0 Å². The van der Waals surface area contributed by atoms with Crippen LogP contribution in [0.5, 0.6) is 0 Å². The molecular weight excluding hydrogens is 344 g/mol. The molecule has 8 nitrogen and oxygen atoms in total. The van der Waals surface area contributed by atoms with Crippen molar-refractivity contribution in [2.45, 2.75) is 10.5 Å². The normalized spacial score (nSPS) is 11.7. The Labute approximate surface area is 147 Å². The summed E-state index contributed by atoms with van der Waals surface area (Å²) in [5, 5.41) is 11.9. The monoisotopic (exact) mass is 358 g/mol. The van der Waals surface area contributed by atoms with E-state index < -0.39 is 17.2 Å². The number of amides is 3. The lowest BCUT2D eigenvalue weighted by Gasteiger charge is -2.14. The fraction of sp³-hybridized carbons (Fsp3) is 0.125. The van der Waals surface area contributed by atoms with Crippen molar-refractivity contribution in [3.05, 3.63) is 54.3 Å². The molecule has 2 N–H and O–H groups in total. The highest BCUT2D eigenvalue weighted by atomic mass is 32.2. The van der Waals surface area contributed by atoms with Crippen LogP contribution in [0.15, 0.2) is 62.8 Å². The first-order valence-electron chi connectivity index (χ1n) is 7.29. The van der Waals surface area contributed by atoms with E-state index in [1.54, 1.807) is 36.4 Å². The zero-order chi connectivity index (χ0) is 17.6. The molecule has 0 aliphatic heterocycles. The number of nitrogens with zero attached hydrogens (tertiary/aromatic N) is 2. The molecule has 0 saturated heterocycles. The van der Waals surface area contributed by atoms with Crippen LogP contribution in [0, 0.1) is 0 Å². The molecule has 0 unspecified atom stereocenters. The zero-order valence-electron chi connectivity index (χ0n) is 13.1. The van der Waals surface area contributed by atoms with Gasteiger partial charge in [0.15, 0.2) is 5.76 Å². The van der Waals surface area contributed by atoms with E-state index in [4.69, 9.17) is 8.83 Å². The maximum atomic E-state index is 12.5. The Morgan fingerprint density at radius 1 is 1.12 bits per heavy atom. The number of carbonyl (C=O) groups excluding carboxylic acids is 2. The van der Waals surface area contributed by atoms with E-state index >= 15 is 0 Å². The summed E-state index contributed by atoms with van der Waals surface area (Å²) in [4.78, 5) is 23.9. The second-order valence-electron chi connectivity index (χ2n) is 4.83. The molecule has 0 radical (unpaired) electrons. The van der Waals surface area contributed by atoms with Crippen LogP contribution in [0.3, 0.4) is 0 Å². The van der Waals surface area contributed by atoms with Gasteiger partial charge in [-0.25, -0.2) is 4.79 Å². The lowest BCUT2D eigenvalue weighted by atomic mass is 10.1. The van der Waals surface area contributed by atoms with E-state index in [9.17, 15) is 9.59 Å². The van der Waals surface area contributed by atoms with Crippen LogP contribution in [0.25, 0.3) is 11.7 Å². The van der Waals surface area contributed by atoms with Crippen molar-refractivity contribution in [3.63, 3.8) is 0 Å². The Morgan fingerprint density at radius 3 is 2.60 bits per heavy atom. The minimum absolute atomic E-state index is 0.187. The molecule has 0 aliphatic rings. The van der Waals surface area contributed by atoms with Crippen LogP contribution < -0.4 is 10.6 Å². The van der Waals surface area contributed by atoms with Gasteiger partial charge in [-0.2, -0.15) is 0 Å². The zero-order valence-corrected chi connectivity index (χ0v) is 13.9. The van der Waals surface area contributed by atoms with Crippen LogP contribution in [-0.2, 0) is 4.79 Å². The Hall–Kier alpha value is -3.07. The average Bonchev–Trinajstić information content (AvgIpc) is 3.31. The van der Waals surface area contributed by atoms with Crippen molar-refractivity contribution in [1.29, 1.82) is 0 Å². The number of thioether (sulfide) groups is 1. The van der Waals surface area contributed by atoms with Gasteiger partial charge in [0.1, 0.15) is 5.25 Å². The number of furan rings is 1. The largest absolute Gasteiger partial charge is 0.459 e. The van der Waals surface area contributed by atoms with E-state index in [0.717, 1.165) is 11.8 Å². The van der Waals surface area contributed by atoms with Crippen molar-refractivity contribution in [2.24, 2.45) is 0 Å². The molecule has 9 heteroatoms. The molecule has 3 amide bonds. The van der Waals surface area contributed by atoms with E-state index in [1.165, 1.54) is 13.3 Å². The van der Waals surface area contributed by atoms with Gasteiger partial charge in [0.25, 0.3) is 11.1 Å². The van der Waals surface area contributed by atoms with Gasteiger partial charge in [-0.05, 0) is 29.5 Å². The lowest BCUT2D eigenvalue weighted by molar-refractivity contribution is -0.119. The summed E-state index contributed by atoms with van der Waals surface area (Å²) in [6.45, 7) is 0. The Kier molecular flexibility index (Phi) is 5.14. The van der Waals surface area contributed by atoms with Gasteiger partial charge in [-0.15, -0.1) is 10.2 Å². The fourth-order valence-electron chi connectivity index (χ4n) is 2.00. The van der Waals surface area contributed by atoms with Gasteiger partial charge in [-0.3, -0.25) is 10.1 Å². The smallest absolute Gasteiger partial charge is 0.321 e. The summed E-state index contributed by atoms with van der Waals surface area (Å²) in [5.41, 5.74) is 0.701. The highest BCUT2D eigenvalue weighted by Crippen LogP contribution is 2.35. The van der Waals surface area contributed by atoms with Crippen molar-refractivity contribution < 1.29 is 18.4 Å². The highest BCUT2D eigenvalue weighted by Gasteiger charge is 2.26. The minimum Gasteiger partial charge on any atom is -0.459 e. The molecule has 2 heterocycles. The third kappa shape index (κ3) is 4.07. The highest BCUT2D eigenvalue weighted by molar-refractivity contribution is 8.00. The molecule has 0 bridgehead atoms. The van der Waals surface area contributed by atoms with Crippen molar-refractivity contribution in [3.8, 4) is 11.7 Å². The molecule has 0 fully saturated rings. The van der Waals surface area contributed by atoms with E-state index in [2.05, 4.69) is 20.8 Å². The lowest BCUT2D eigenvalue weighted by Crippen LogP contribution is -2.39. The number of aromatic nitrogens is 2. The predicted molar refractivity (Wildman–Crippen MR) is 89.6 cm³/mol. The summed E-state index contributed by atoms with van der Waals surface area (Å²) < 4.78 is 10.7.